The lowest BCUT2D eigenvalue weighted by atomic mass is 9.60. The maximum atomic E-state index is 13.0. The van der Waals surface area contributed by atoms with Gasteiger partial charge in [-0.05, 0) is 31.6 Å². The lowest BCUT2D eigenvalue weighted by molar-refractivity contribution is -0.411. The van der Waals surface area contributed by atoms with Crippen LogP contribution in [0.4, 0.5) is 4.48 Å². The summed E-state index contributed by atoms with van der Waals surface area (Å²) in [5.41, 5.74) is 0.186. The van der Waals surface area contributed by atoms with Gasteiger partial charge in [0, 0.05) is 44.2 Å². The van der Waals surface area contributed by atoms with E-state index < -0.39 is 6.10 Å². The number of piperidine rings is 1. The Labute approximate surface area is 137 Å². The van der Waals surface area contributed by atoms with Crippen molar-refractivity contribution in [3.63, 3.8) is 0 Å². The molecule has 0 aromatic carbocycles. The Morgan fingerprint density at radius 2 is 1.70 bits per heavy atom. The average molecular weight is 334 g/mol. The van der Waals surface area contributed by atoms with Gasteiger partial charge in [0.25, 0.3) is 0 Å². The number of nitrogens with zero attached hydrogens (tertiary/aromatic N) is 3. The first-order valence-corrected chi connectivity index (χ1v) is 8.62. The third kappa shape index (κ3) is 4.39. The van der Waals surface area contributed by atoms with Gasteiger partial charge < -0.3 is 15.3 Å². The van der Waals surface area contributed by atoms with Crippen LogP contribution in [0, 0.1) is 11.3 Å². The summed E-state index contributed by atoms with van der Waals surface area (Å²) >= 11 is 0. The summed E-state index contributed by atoms with van der Waals surface area (Å²) in [5, 5.41) is 31.4. The first kappa shape index (κ1) is 19.0. The second-order valence-electron chi connectivity index (χ2n) is 7.07. The second kappa shape index (κ2) is 7.26. The van der Waals surface area contributed by atoms with E-state index in [0.29, 0.717) is 32.5 Å². The third-order valence-electron chi connectivity index (χ3n) is 5.26. The van der Waals surface area contributed by atoms with E-state index in [1.807, 2.05) is 13.8 Å². The van der Waals surface area contributed by atoms with Gasteiger partial charge in [-0.2, -0.15) is 0 Å². The van der Waals surface area contributed by atoms with Crippen molar-refractivity contribution in [2.24, 2.45) is 17.2 Å². The molecule has 0 atom stereocenters. The smallest absolute Gasteiger partial charge is 0.330 e. The van der Waals surface area contributed by atoms with Crippen LogP contribution in [0.25, 0.3) is 0 Å². The minimum Gasteiger partial charge on any atom is -0.330 e. The maximum absolute atomic E-state index is 13.0. The molecule has 7 nitrogen and oxygen atoms in total. The highest BCUT2D eigenvalue weighted by Crippen LogP contribution is 2.50. The largest absolute Gasteiger partial charge is 0.346 e. The van der Waals surface area contributed by atoms with Crippen LogP contribution in [0.2, 0.25) is 0 Å². The van der Waals surface area contributed by atoms with Crippen molar-refractivity contribution >= 4 is 0 Å². The van der Waals surface area contributed by atoms with Crippen molar-refractivity contribution in [2.45, 2.75) is 51.7 Å². The predicted molar refractivity (Wildman–Crippen MR) is 84.1 cm³/mol. The highest BCUT2D eigenvalue weighted by atomic mass is 19.2. The number of rotatable bonds is 4. The first-order chi connectivity index (χ1) is 10.8. The normalized spacial score (nSPS) is 26.6. The van der Waals surface area contributed by atoms with Crippen molar-refractivity contribution in [2.75, 3.05) is 32.7 Å². The van der Waals surface area contributed by atoms with E-state index in [2.05, 4.69) is 0 Å². The van der Waals surface area contributed by atoms with Gasteiger partial charge in [-0.3, -0.25) is 5.84 Å². The summed E-state index contributed by atoms with van der Waals surface area (Å²) in [6.07, 6.45) is 0.151. The van der Waals surface area contributed by atoms with Crippen LogP contribution in [-0.2, 0) is 0 Å². The number of halogens is 1. The Morgan fingerprint density at radius 1 is 1.17 bits per heavy atom. The molecule has 1 saturated carbocycles. The van der Waals surface area contributed by atoms with Crippen molar-refractivity contribution in [3.8, 4) is 0 Å². The van der Waals surface area contributed by atoms with Crippen LogP contribution in [0.3, 0.4) is 0 Å². The standard InChI is InChI=1S/C13H25FN4O3.C2H6/c14-16-3-1-10(2-4-16)7-18(13(19,20)21)11-5-12(6-11)8-17(15)9-12;1-2/h10-11,19-21H,1-9,15H2;1-2H3. The maximum Gasteiger partial charge on any atom is 0.346 e. The molecule has 1 spiro atoms. The summed E-state index contributed by atoms with van der Waals surface area (Å²) in [6, 6.07) is -0.0536. The minimum atomic E-state index is -2.80. The van der Waals surface area contributed by atoms with Crippen LogP contribution in [-0.4, -0.2) is 75.2 Å². The molecular formula is C15H31FN4O3. The Bertz CT molecular complexity index is 371. The Kier molecular flexibility index (Phi) is 5.99. The molecule has 3 aliphatic rings. The van der Waals surface area contributed by atoms with E-state index in [9.17, 15) is 19.8 Å². The molecule has 2 aliphatic heterocycles. The summed E-state index contributed by atoms with van der Waals surface area (Å²) < 4.78 is 13.0. The Hall–Kier alpha value is -0.350. The molecule has 3 rings (SSSR count). The number of nitrogens with two attached hydrogens (primary N) is 1. The molecule has 2 saturated heterocycles. The van der Waals surface area contributed by atoms with E-state index >= 15 is 0 Å². The summed E-state index contributed by atoms with van der Waals surface area (Å²) in [7, 11) is 0. The topological polar surface area (TPSA) is 96.4 Å². The van der Waals surface area contributed by atoms with Crippen LogP contribution < -0.4 is 5.84 Å². The van der Waals surface area contributed by atoms with Crippen molar-refractivity contribution in [3.05, 3.63) is 0 Å². The summed E-state index contributed by atoms with van der Waals surface area (Å²) in [6.45, 7) is 6.76. The lowest BCUT2D eigenvalue weighted by Crippen LogP contribution is -2.70. The summed E-state index contributed by atoms with van der Waals surface area (Å²) in [4.78, 5) is 1.36. The highest BCUT2D eigenvalue weighted by molar-refractivity contribution is 5.06. The molecule has 0 amide bonds. The van der Waals surface area contributed by atoms with E-state index in [-0.39, 0.29) is 17.4 Å². The number of hydrogen-bond donors (Lipinski definition) is 4. The van der Waals surface area contributed by atoms with E-state index in [1.165, 1.54) is 4.90 Å². The highest BCUT2D eigenvalue weighted by Gasteiger charge is 2.55. The van der Waals surface area contributed by atoms with Gasteiger partial charge in [0.15, 0.2) is 0 Å². The molecule has 0 unspecified atom stereocenters. The summed E-state index contributed by atoms with van der Waals surface area (Å²) in [5.74, 6) is 5.84. The third-order valence-corrected chi connectivity index (χ3v) is 5.26. The minimum absolute atomic E-state index is 0.0536. The zero-order valence-corrected chi connectivity index (χ0v) is 14.2. The van der Waals surface area contributed by atoms with Gasteiger partial charge in [0.1, 0.15) is 0 Å². The number of hydrogen-bond acceptors (Lipinski definition) is 7. The molecule has 136 valence electrons. The quantitative estimate of drug-likeness (QED) is 0.322. The number of hydrazine groups is 1. The van der Waals surface area contributed by atoms with E-state index in [1.54, 1.807) is 5.01 Å². The SMILES string of the molecule is CC.NN1CC2(CC(N(CC3CCN(F)CC3)C(O)(O)O)C2)C1. The van der Waals surface area contributed by atoms with Gasteiger partial charge in [-0.15, -0.1) is 9.60 Å². The molecule has 0 aromatic rings. The molecule has 1 aliphatic carbocycles. The van der Waals surface area contributed by atoms with Crippen molar-refractivity contribution in [1.29, 1.82) is 0 Å². The molecule has 0 aromatic heterocycles. The second-order valence-corrected chi connectivity index (χ2v) is 7.07. The van der Waals surface area contributed by atoms with Crippen LogP contribution in [0.15, 0.2) is 0 Å². The van der Waals surface area contributed by atoms with Crippen LogP contribution >= 0.6 is 0 Å². The van der Waals surface area contributed by atoms with Gasteiger partial charge in [-0.25, -0.2) is 9.91 Å². The monoisotopic (exact) mass is 334 g/mol. The van der Waals surface area contributed by atoms with Gasteiger partial charge >= 0.3 is 6.10 Å². The first-order valence-electron chi connectivity index (χ1n) is 8.62. The fraction of sp³-hybridized carbons (Fsp3) is 1.00. The molecule has 0 radical (unpaired) electrons. The van der Waals surface area contributed by atoms with Gasteiger partial charge in [-0.1, -0.05) is 13.8 Å². The Balaban J connectivity index is 0.000000924. The zero-order chi connectivity index (χ0) is 17.3. The predicted octanol–water partition coefficient (Wildman–Crippen LogP) is -0.163. The van der Waals surface area contributed by atoms with Crippen molar-refractivity contribution in [1.82, 2.24) is 15.0 Å². The molecule has 2 heterocycles. The molecule has 3 fully saturated rings. The van der Waals surface area contributed by atoms with Crippen LogP contribution in [0.1, 0.15) is 39.5 Å². The van der Waals surface area contributed by atoms with Crippen molar-refractivity contribution < 1.29 is 19.8 Å². The molecule has 8 heteroatoms. The zero-order valence-electron chi connectivity index (χ0n) is 14.2. The molecular weight excluding hydrogens is 303 g/mol. The Morgan fingerprint density at radius 3 is 2.13 bits per heavy atom. The van der Waals surface area contributed by atoms with E-state index in [4.69, 9.17) is 5.84 Å². The fourth-order valence-corrected chi connectivity index (χ4v) is 4.11. The number of aliphatic hydroxyl groups is 3. The van der Waals surface area contributed by atoms with E-state index in [0.717, 1.165) is 31.1 Å². The average Bonchev–Trinajstić information content (AvgIpc) is 2.42. The molecule has 23 heavy (non-hydrogen) atoms. The lowest BCUT2D eigenvalue weighted by Gasteiger charge is -2.60. The van der Waals surface area contributed by atoms with Crippen LogP contribution in [0.5, 0.6) is 0 Å². The molecule has 0 bridgehead atoms. The van der Waals surface area contributed by atoms with Gasteiger partial charge in [0.05, 0.1) is 0 Å². The van der Waals surface area contributed by atoms with Gasteiger partial charge in [0.2, 0.25) is 0 Å². The molecule has 5 N–H and O–H groups in total. The fourth-order valence-electron chi connectivity index (χ4n) is 4.11.